The van der Waals surface area contributed by atoms with E-state index in [1.54, 1.807) is 0 Å². The van der Waals surface area contributed by atoms with Crippen molar-refractivity contribution < 1.29 is 9.90 Å². The molecule has 2 fully saturated rings. The summed E-state index contributed by atoms with van der Waals surface area (Å²) in [4.78, 5) is 14.1. The average molecular weight is 281 g/mol. The Morgan fingerprint density at radius 3 is 2.35 bits per heavy atom. The Morgan fingerprint density at radius 1 is 1.15 bits per heavy atom. The highest BCUT2D eigenvalue weighted by molar-refractivity contribution is 5.60. The van der Waals surface area contributed by atoms with E-state index in [0.717, 1.165) is 31.8 Å². The van der Waals surface area contributed by atoms with Gasteiger partial charge in [0.2, 0.25) is 0 Å². The molecule has 3 heteroatoms. The standard InChI is InChI=1S/C17H31NO2/c1-15-7-9-17(14-20,10-8-15)13-18(11-12-19)16-5-3-2-4-6-16/h14-16,19H,2-13H2,1H3. The van der Waals surface area contributed by atoms with Crippen LogP contribution < -0.4 is 0 Å². The number of nitrogens with zero attached hydrogens (tertiary/aromatic N) is 1. The molecule has 0 aromatic carbocycles. The number of hydrogen-bond acceptors (Lipinski definition) is 3. The maximum Gasteiger partial charge on any atom is 0.127 e. The number of aliphatic hydroxyl groups is 1. The van der Waals surface area contributed by atoms with Gasteiger partial charge in [-0.25, -0.2) is 0 Å². The van der Waals surface area contributed by atoms with E-state index in [9.17, 15) is 9.90 Å². The first-order valence-electron chi connectivity index (χ1n) is 8.50. The highest BCUT2D eigenvalue weighted by Gasteiger charge is 2.37. The first kappa shape index (κ1) is 16.0. The minimum absolute atomic E-state index is 0.140. The topological polar surface area (TPSA) is 40.5 Å². The molecular formula is C17H31NO2. The van der Waals surface area contributed by atoms with E-state index in [2.05, 4.69) is 11.8 Å². The second-order valence-electron chi connectivity index (χ2n) is 7.15. The second-order valence-corrected chi connectivity index (χ2v) is 7.15. The van der Waals surface area contributed by atoms with Gasteiger partial charge in [0.05, 0.1) is 6.61 Å². The molecule has 2 aliphatic rings. The van der Waals surface area contributed by atoms with Gasteiger partial charge >= 0.3 is 0 Å². The number of aldehydes is 1. The molecular weight excluding hydrogens is 250 g/mol. The zero-order valence-corrected chi connectivity index (χ0v) is 13.0. The van der Waals surface area contributed by atoms with E-state index in [-0.39, 0.29) is 12.0 Å². The maximum absolute atomic E-state index is 11.7. The van der Waals surface area contributed by atoms with Gasteiger partial charge in [0.25, 0.3) is 0 Å². The van der Waals surface area contributed by atoms with Crippen LogP contribution in [-0.4, -0.2) is 42.0 Å². The molecule has 0 aromatic rings. The SMILES string of the molecule is CC1CCC(C=O)(CN(CCO)C2CCCCC2)CC1. The smallest absolute Gasteiger partial charge is 0.127 e. The summed E-state index contributed by atoms with van der Waals surface area (Å²) < 4.78 is 0. The summed E-state index contributed by atoms with van der Waals surface area (Å²) in [5.74, 6) is 0.768. The van der Waals surface area contributed by atoms with Gasteiger partial charge in [-0.3, -0.25) is 4.90 Å². The molecule has 0 radical (unpaired) electrons. The van der Waals surface area contributed by atoms with Crippen molar-refractivity contribution in [2.24, 2.45) is 11.3 Å². The summed E-state index contributed by atoms with van der Waals surface area (Å²) in [7, 11) is 0. The van der Waals surface area contributed by atoms with E-state index in [1.807, 2.05) is 0 Å². The van der Waals surface area contributed by atoms with Gasteiger partial charge in [0, 0.05) is 24.5 Å². The number of hydrogen-bond donors (Lipinski definition) is 1. The highest BCUT2D eigenvalue weighted by atomic mass is 16.3. The van der Waals surface area contributed by atoms with E-state index in [1.165, 1.54) is 51.2 Å². The molecule has 0 saturated heterocycles. The molecule has 0 bridgehead atoms. The van der Waals surface area contributed by atoms with Gasteiger partial charge in [-0.2, -0.15) is 0 Å². The third-order valence-corrected chi connectivity index (χ3v) is 5.52. The lowest BCUT2D eigenvalue weighted by molar-refractivity contribution is -0.120. The minimum atomic E-state index is -0.140. The third-order valence-electron chi connectivity index (χ3n) is 5.52. The quantitative estimate of drug-likeness (QED) is 0.761. The zero-order chi connectivity index (χ0) is 14.4. The largest absolute Gasteiger partial charge is 0.395 e. The molecule has 0 heterocycles. The minimum Gasteiger partial charge on any atom is -0.395 e. The van der Waals surface area contributed by atoms with Crippen LogP contribution in [0, 0.1) is 11.3 Å². The number of rotatable bonds is 6. The van der Waals surface area contributed by atoms with E-state index >= 15 is 0 Å². The Morgan fingerprint density at radius 2 is 1.80 bits per heavy atom. The third kappa shape index (κ3) is 4.05. The Balaban J connectivity index is 1.99. The molecule has 116 valence electrons. The summed E-state index contributed by atoms with van der Waals surface area (Å²) in [5.41, 5.74) is -0.140. The van der Waals surface area contributed by atoms with Crippen molar-refractivity contribution in [3.63, 3.8) is 0 Å². The van der Waals surface area contributed by atoms with Crippen LogP contribution in [0.1, 0.15) is 64.7 Å². The highest BCUT2D eigenvalue weighted by Crippen LogP contribution is 2.39. The second kappa shape index (κ2) is 7.56. The van der Waals surface area contributed by atoms with Crippen LogP contribution in [0.2, 0.25) is 0 Å². The molecule has 3 nitrogen and oxygen atoms in total. The van der Waals surface area contributed by atoms with Gasteiger partial charge in [0.15, 0.2) is 0 Å². The molecule has 0 amide bonds. The van der Waals surface area contributed by atoms with Crippen molar-refractivity contribution in [3.05, 3.63) is 0 Å². The molecule has 20 heavy (non-hydrogen) atoms. The van der Waals surface area contributed by atoms with Crippen molar-refractivity contribution in [1.82, 2.24) is 4.90 Å². The van der Waals surface area contributed by atoms with Gasteiger partial charge in [-0.1, -0.05) is 26.2 Å². The van der Waals surface area contributed by atoms with Crippen LogP contribution in [0.25, 0.3) is 0 Å². The Kier molecular flexibility index (Phi) is 6.03. The number of carbonyl (C=O) groups is 1. The summed E-state index contributed by atoms with van der Waals surface area (Å²) >= 11 is 0. The first-order valence-corrected chi connectivity index (χ1v) is 8.50. The fourth-order valence-corrected chi connectivity index (χ4v) is 4.02. The van der Waals surface area contributed by atoms with Crippen LogP contribution in [-0.2, 0) is 4.79 Å². The van der Waals surface area contributed by atoms with E-state index in [4.69, 9.17) is 0 Å². The normalized spacial score (nSPS) is 32.5. The van der Waals surface area contributed by atoms with Crippen LogP contribution in [0.4, 0.5) is 0 Å². The van der Waals surface area contributed by atoms with E-state index < -0.39 is 0 Å². The van der Waals surface area contributed by atoms with Crippen molar-refractivity contribution in [2.45, 2.75) is 70.8 Å². The lowest BCUT2D eigenvalue weighted by Crippen LogP contribution is -2.47. The van der Waals surface area contributed by atoms with Crippen molar-refractivity contribution >= 4 is 6.29 Å². The molecule has 0 spiro atoms. The van der Waals surface area contributed by atoms with Crippen LogP contribution in [0.15, 0.2) is 0 Å². The Bertz CT molecular complexity index is 291. The maximum atomic E-state index is 11.7. The molecule has 1 N–H and O–H groups in total. The number of carbonyl (C=O) groups excluding carboxylic acids is 1. The van der Waals surface area contributed by atoms with Gasteiger partial charge in [-0.15, -0.1) is 0 Å². The molecule has 0 unspecified atom stereocenters. The van der Waals surface area contributed by atoms with Crippen molar-refractivity contribution in [2.75, 3.05) is 19.7 Å². The van der Waals surface area contributed by atoms with Crippen LogP contribution in [0.5, 0.6) is 0 Å². The van der Waals surface area contributed by atoms with E-state index in [0.29, 0.717) is 6.04 Å². The molecule has 0 aromatic heterocycles. The molecule has 2 saturated carbocycles. The molecule has 0 atom stereocenters. The summed E-state index contributed by atoms with van der Waals surface area (Å²) in [6, 6.07) is 0.590. The summed E-state index contributed by atoms with van der Waals surface area (Å²) in [6.07, 6.45) is 12.1. The number of aliphatic hydroxyl groups excluding tert-OH is 1. The fraction of sp³-hybridized carbons (Fsp3) is 0.941. The fourth-order valence-electron chi connectivity index (χ4n) is 4.02. The van der Waals surface area contributed by atoms with Crippen molar-refractivity contribution in [1.29, 1.82) is 0 Å². The summed E-state index contributed by atoms with van der Waals surface area (Å²) in [6.45, 7) is 4.10. The zero-order valence-electron chi connectivity index (χ0n) is 13.0. The lowest BCUT2D eigenvalue weighted by atomic mass is 9.71. The van der Waals surface area contributed by atoms with Crippen molar-refractivity contribution in [3.8, 4) is 0 Å². The molecule has 0 aliphatic heterocycles. The Hall–Kier alpha value is -0.410. The van der Waals surface area contributed by atoms with Gasteiger partial charge < -0.3 is 9.90 Å². The predicted molar refractivity (Wildman–Crippen MR) is 81.7 cm³/mol. The molecule has 2 aliphatic carbocycles. The van der Waals surface area contributed by atoms with Crippen LogP contribution in [0.3, 0.4) is 0 Å². The first-order chi connectivity index (χ1) is 9.69. The van der Waals surface area contributed by atoms with Crippen LogP contribution >= 0.6 is 0 Å². The predicted octanol–water partition coefficient (Wildman–Crippen LogP) is 3.01. The Labute approximate surface area is 123 Å². The lowest BCUT2D eigenvalue weighted by Gasteiger charge is -2.42. The van der Waals surface area contributed by atoms with Gasteiger partial charge in [0.1, 0.15) is 6.29 Å². The molecule has 2 rings (SSSR count). The average Bonchev–Trinajstić information content (AvgIpc) is 2.50. The monoisotopic (exact) mass is 281 g/mol. The van der Waals surface area contributed by atoms with Gasteiger partial charge in [-0.05, 0) is 44.4 Å². The summed E-state index contributed by atoms with van der Waals surface area (Å²) in [5, 5.41) is 9.37.